The lowest BCUT2D eigenvalue weighted by atomic mass is 10.1. The van der Waals surface area contributed by atoms with Gasteiger partial charge in [0.05, 0.1) is 104 Å². The van der Waals surface area contributed by atoms with E-state index in [1.165, 1.54) is 32.3 Å². The Bertz CT molecular complexity index is 4630. The Balaban J connectivity index is 0.000000153. The number of rotatable bonds is 15. The van der Waals surface area contributed by atoms with E-state index < -0.39 is 18.1 Å². The first-order valence-electron chi connectivity index (χ1n) is 27.7. The smallest absolute Gasteiger partial charge is 0.268 e. The van der Waals surface area contributed by atoms with Crippen molar-refractivity contribution in [1.29, 1.82) is 0 Å². The molecular formula is C57H51Cl3N30O3. The zero-order valence-electron chi connectivity index (χ0n) is 48.9. The predicted molar refractivity (Wildman–Crippen MR) is 355 cm³/mol. The summed E-state index contributed by atoms with van der Waals surface area (Å²) >= 11 is 18.9. The molecule has 0 saturated heterocycles. The lowest BCUT2D eigenvalue weighted by Crippen LogP contribution is -2.28. The van der Waals surface area contributed by atoms with Gasteiger partial charge in [-0.3, -0.25) is 29.7 Å². The van der Waals surface area contributed by atoms with E-state index in [0.717, 1.165) is 0 Å². The van der Waals surface area contributed by atoms with Crippen LogP contribution in [-0.2, 0) is 0 Å². The standard InChI is InChI=1S/3C19H17ClN10O/c3*1-3-10(25-16-14(23-2)15(21)27-19(22)28-16)17-26-11-6-4-5-9(20)13(11)18(31)30(17)12-7-8-24-29-12/h3*4-8,10H,3H2,1H3,(H,24,29)(H5,21,22,25,27,28)/t2*10-;/m10./s1. The molecular weight excluding hydrogens is 1260 g/mol. The Morgan fingerprint density at radius 2 is 0.699 bits per heavy atom. The van der Waals surface area contributed by atoms with Crippen molar-refractivity contribution < 1.29 is 0 Å². The predicted octanol–water partition coefficient (Wildman–Crippen LogP) is 8.49. The number of nitrogens with two attached hydrogens (primary N) is 6. The van der Waals surface area contributed by atoms with Crippen LogP contribution in [0.2, 0.25) is 15.1 Å². The number of fused-ring (bicyclic) bond motifs is 3. The summed E-state index contributed by atoms with van der Waals surface area (Å²) in [7, 11) is 0. The summed E-state index contributed by atoms with van der Waals surface area (Å²) in [6.07, 6.45) is 6.06. The highest BCUT2D eigenvalue weighted by molar-refractivity contribution is 6.36. The van der Waals surface area contributed by atoms with Crippen molar-refractivity contribution in [2.75, 3.05) is 50.4 Å². The average molecular weight is 1310 g/mol. The van der Waals surface area contributed by atoms with E-state index in [1.807, 2.05) is 20.8 Å². The first kappa shape index (κ1) is 63.5. The van der Waals surface area contributed by atoms with Gasteiger partial charge in [0.2, 0.25) is 17.8 Å². The molecule has 0 spiro atoms. The SMILES string of the molecule is [C-]#[N+]c1c(N)nc(N)nc1NC(CC)c1nc2cccc(Cl)c2c(=O)n1-c1ccn[nH]1.[C-]#[N+]c1c(N)nc(N)nc1N[C@@H](CC)c1nc2cccc(Cl)c2c(=O)n1-c1ccn[nH]1.[C-]#[N+]c1c(N)nc(N)nc1N[C@H](CC)c1nc2cccc(Cl)c2c(=O)n1-c1ccn[nH]1. The van der Waals surface area contributed by atoms with Crippen molar-refractivity contribution in [3.05, 3.63) is 189 Å². The van der Waals surface area contributed by atoms with Gasteiger partial charge in [-0.25, -0.2) is 73.1 Å². The number of halogens is 3. The molecule has 3 atom stereocenters. The van der Waals surface area contributed by atoms with Crippen LogP contribution in [0.15, 0.2) is 106 Å². The Morgan fingerprint density at radius 3 is 0.925 bits per heavy atom. The lowest BCUT2D eigenvalue weighted by molar-refractivity contribution is 0.653. The van der Waals surface area contributed by atoms with Crippen molar-refractivity contribution in [2.24, 2.45) is 0 Å². The number of nitrogens with one attached hydrogen (secondary N) is 6. The Hall–Kier alpha value is -12.5. The molecule has 0 radical (unpaired) electrons. The molecule has 0 fully saturated rings. The van der Waals surface area contributed by atoms with Gasteiger partial charge in [-0.2, -0.15) is 15.3 Å². The number of H-pyrrole nitrogens is 3. The number of hydrogen-bond donors (Lipinski definition) is 12. The summed E-state index contributed by atoms with van der Waals surface area (Å²) in [5.74, 6) is 2.50. The van der Waals surface area contributed by atoms with E-state index in [4.69, 9.17) is 104 Å². The first-order valence-corrected chi connectivity index (χ1v) is 28.8. The van der Waals surface area contributed by atoms with Crippen LogP contribution in [0.1, 0.15) is 75.6 Å². The van der Waals surface area contributed by atoms with Crippen LogP contribution < -0.4 is 67.0 Å². The normalized spacial score (nSPS) is 11.9. The third-order valence-electron chi connectivity index (χ3n) is 14.0. The third-order valence-corrected chi connectivity index (χ3v) is 15.0. The molecule has 12 rings (SSSR count). The maximum atomic E-state index is 13.4. The second-order valence-corrected chi connectivity index (χ2v) is 20.9. The lowest BCUT2D eigenvalue weighted by Gasteiger charge is -2.22. The van der Waals surface area contributed by atoms with E-state index in [0.29, 0.717) is 85.8 Å². The molecule has 93 heavy (non-hydrogen) atoms. The molecule has 3 aromatic carbocycles. The molecule has 12 aromatic rings. The van der Waals surface area contributed by atoms with Crippen molar-refractivity contribution in [1.82, 2.24) is 89.1 Å². The summed E-state index contributed by atoms with van der Waals surface area (Å²) in [4.78, 5) is 88.4. The van der Waals surface area contributed by atoms with Crippen molar-refractivity contribution in [3.8, 4) is 17.5 Å². The van der Waals surface area contributed by atoms with Gasteiger partial charge in [0.15, 0.2) is 0 Å². The minimum absolute atomic E-state index is 0.0342. The molecule has 33 nitrogen and oxygen atoms in total. The number of hydrogen-bond acceptors (Lipinski definition) is 24. The number of aromatic nitrogens is 18. The first-order chi connectivity index (χ1) is 44.8. The number of anilines is 9. The summed E-state index contributed by atoms with van der Waals surface area (Å²) in [6, 6.07) is 18.5. The van der Waals surface area contributed by atoms with Gasteiger partial charge in [-0.1, -0.05) is 73.8 Å². The van der Waals surface area contributed by atoms with Gasteiger partial charge in [0, 0.05) is 18.2 Å². The van der Waals surface area contributed by atoms with Crippen LogP contribution in [0.3, 0.4) is 0 Å². The topological polar surface area (TPSA) is 473 Å². The number of nitrogens with zero attached hydrogens (tertiary/aromatic N) is 18. The van der Waals surface area contributed by atoms with Gasteiger partial charge in [-0.15, -0.1) is 0 Å². The average Bonchev–Trinajstić information content (AvgIpc) is 1.56. The number of nitrogen functional groups attached to an aromatic ring is 6. The summed E-state index contributed by atoms with van der Waals surface area (Å²) in [5.41, 5.74) is 35.0. The maximum Gasteiger partial charge on any atom is 0.268 e. The third kappa shape index (κ3) is 12.6. The molecule has 0 aliphatic heterocycles. The van der Waals surface area contributed by atoms with E-state index in [9.17, 15) is 14.4 Å². The Labute approximate surface area is 539 Å². The summed E-state index contributed by atoms with van der Waals surface area (Å²) in [6.45, 7) is 27.9. The second kappa shape index (κ2) is 27.1. The van der Waals surface area contributed by atoms with Crippen molar-refractivity contribution in [2.45, 2.75) is 58.2 Å². The molecule has 9 aromatic heterocycles. The largest absolute Gasteiger partial charge is 0.392 e. The van der Waals surface area contributed by atoms with E-state index in [1.54, 1.807) is 72.8 Å². The zero-order chi connectivity index (χ0) is 66.4. The van der Waals surface area contributed by atoms with Crippen LogP contribution in [0.25, 0.3) is 64.7 Å². The van der Waals surface area contributed by atoms with Crippen LogP contribution in [0.5, 0.6) is 0 Å². The summed E-state index contributed by atoms with van der Waals surface area (Å²) < 4.78 is 4.19. The van der Waals surface area contributed by atoms with E-state index >= 15 is 0 Å². The molecule has 468 valence electrons. The maximum absolute atomic E-state index is 13.4. The molecule has 1 unspecified atom stereocenters. The second-order valence-electron chi connectivity index (χ2n) is 19.7. The van der Waals surface area contributed by atoms with Crippen molar-refractivity contribution >= 4 is 137 Å². The summed E-state index contributed by atoms with van der Waals surface area (Å²) in [5, 5.41) is 31.4. The molecule has 9 heterocycles. The molecule has 0 saturated carbocycles. The highest BCUT2D eigenvalue weighted by Crippen LogP contribution is 2.37. The number of aromatic amines is 3. The fourth-order valence-electron chi connectivity index (χ4n) is 9.79. The molecule has 18 N–H and O–H groups in total. The highest BCUT2D eigenvalue weighted by atomic mass is 35.5. The van der Waals surface area contributed by atoms with E-state index in [-0.39, 0.29) is 103 Å². The highest BCUT2D eigenvalue weighted by Gasteiger charge is 2.28. The zero-order valence-corrected chi connectivity index (χ0v) is 51.2. The molecule has 36 heteroatoms. The molecule has 0 amide bonds. The van der Waals surface area contributed by atoms with Gasteiger partial charge in [0.1, 0.15) is 69.8 Å². The molecule has 0 aliphatic rings. The minimum Gasteiger partial charge on any atom is -0.392 e. The molecule has 0 aliphatic carbocycles. The fraction of sp³-hybridized carbons (Fsp3) is 0.158. The minimum atomic E-state index is -0.534. The fourth-order valence-corrected chi connectivity index (χ4v) is 10.5. The molecule has 0 bridgehead atoms. The van der Waals surface area contributed by atoms with Crippen LogP contribution in [-0.4, -0.2) is 89.1 Å². The Morgan fingerprint density at radius 1 is 0.430 bits per heavy atom. The van der Waals surface area contributed by atoms with Gasteiger partial charge >= 0.3 is 0 Å². The number of benzene rings is 3. The van der Waals surface area contributed by atoms with Gasteiger partial charge in [-0.05, 0) is 55.7 Å². The Kier molecular flexibility index (Phi) is 18.5. The van der Waals surface area contributed by atoms with Gasteiger partial charge < -0.3 is 50.4 Å². The van der Waals surface area contributed by atoms with E-state index in [2.05, 4.69) is 91.0 Å². The van der Waals surface area contributed by atoms with Crippen LogP contribution in [0, 0.1) is 19.7 Å². The van der Waals surface area contributed by atoms with Crippen LogP contribution in [0.4, 0.5) is 69.8 Å². The monoisotopic (exact) mass is 1310 g/mol. The van der Waals surface area contributed by atoms with Crippen LogP contribution >= 0.6 is 34.8 Å². The van der Waals surface area contributed by atoms with Crippen molar-refractivity contribution in [3.63, 3.8) is 0 Å². The van der Waals surface area contributed by atoms with Gasteiger partial charge in [0.25, 0.3) is 33.7 Å². The quantitative estimate of drug-likeness (QED) is 0.0428.